The maximum absolute atomic E-state index is 13.4. The van der Waals surface area contributed by atoms with Crippen molar-refractivity contribution < 1.29 is 12.8 Å². The van der Waals surface area contributed by atoms with E-state index < -0.39 is 15.8 Å². The molecule has 2 aromatic rings. The molecule has 118 valence electrons. The molecule has 0 unspecified atom stereocenters. The predicted octanol–water partition coefficient (Wildman–Crippen LogP) is 3.02. The van der Waals surface area contributed by atoms with Crippen molar-refractivity contribution in [3.63, 3.8) is 0 Å². The van der Waals surface area contributed by atoms with E-state index in [1.807, 2.05) is 20.8 Å². The summed E-state index contributed by atoms with van der Waals surface area (Å²) in [6.07, 6.45) is 2.80. The standard InChI is InChI=1S/C15H18FN3O2S/c1-10-5-11(16)7-13(6-10)22(20,21)19-12-8-17-14(18-9-12)15(2,3)4/h5-9,19H,1-4H3. The summed E-state index contributed by atoms with van der Waals surface area (Å²) in [5.74, 6) is 0.0109. The number of halogens is 1. The van der Waals surface area contributed by atoms with Crippen molar-refractivity contribution in [2.75, 3.05) is 4.72 Å². The summed E-state index contributed by atoms with van der Waals surface area (Å²) in [6.45, 7) is 7.51. The highest BCUT2D eigenvalue weighted by atomic mass is 32.2. The van der Waals surface area contributed by atoms with Gasteiger partial charge in [0, 0.05) is 5.41 Å². The van der Waals surface area contributed by atoms with E-state index in [4.69, 9.17) is 0 Å². The summed E-state index contributed by atoms with van der Waals surface area (Å²) in [5.41, 5.74) is 0.534. The molecule has 1 aromatic carbocycles. The van der Waals surface area contributed by atoms with E-state index in [0.29, 0.717) is 11.4 Å². The third kappa shape index (κ3) is 3.79. The zero-order chi connectivity index (χ0) is 16.5. The van der Waals surface area contributed by atoms with Gasteiger partial charge < -0.3 is 0 Å². The number of nitrogens with one attached hydrogen (secondary N) is 1. The first-order valence-corrected chi connectivity index (χ1v) is 8.19. The molecule has 0 aliphatic rings. The molecule has 0 fully saturated rings. The largest absolute Gasteiger partial charge is 0.276 e. The molecule has 1 N–H and O–H groups in total. The Morgan fingerprint density at radius 1 is 1.09 bits per heavy atom. The Labute approximate surface area is 129 Å². The number of sulfonamides is 1. The van der Waals surface area contributed by atoms with E-state index in [1.165, 1.54) is 24.5 Å². The van der Waals surface area contributed by atoms with Crippen LogP contribution in [-0.4, -0.2) is 18.4 Å². The minimum atomic E-state index is -3.88. The fourth-order valence-corrected chi connectivity index (χ4v) is 2.98. The molecule has 0 saturated heterocycles. The Morgan fingerprint density at radius 3 is 2.18 bits per heavy atom. The third-order valence-electron chi connectivity index (χ3n) is 2.90. The average Bonchev–Trinajstić information content (AvgIpc) is 2.36. The molecule has 0 amide bonds. The van der Waals surface area contributed by atoms with Crippen molar-refractivity contribution in [2.24, 2.45) is 0 Å². The monoisotopic (exact) mass is 323 g/mol. The molecule has 1 aromatic heterocycles. The number of nitrogens with zero attached hydrogens (tertiary/aromatic N) is 2. The SMILES string of the molecule is Cc1cc(F)cc(S(=O)(=O)Nc2cnc(C(C)(C)C)nc2)c1. The molecular weight excluding hydrogens is 305 g/mol. The Morgan fingerprint density at radius 2 is 1.68 bits per heavy atom. The highest BCUT2D eigenvalue weighted by Gasteiger charge is 2.19. The van der Waals surface area contributed by atoms with Gasteiger partial charge in [0.1, 0.15) is 11.6 Å². The van der Waals surface area contributed by atoms with Gasteiger partial charge in [-0.25, -0.2) is 22.8 Å². The van der Waals surface area contributed by atoms with Crippen LogP contribution in [0, 0.1) is 12.7 Å². The van der Waals surface area contributed by atoms with Crippen molar-refractivity contribution in [1.82, 2.24) is 9.97 Å². The molecule has 1 heterocycles. The quantitative estimate of drug-likeness (QED) is 0.942. The van der Waals surface area contributed by atoms with E-state index in [2.05, 4.69) is 14.7 Å². The molecule has 22 heavy (non-hydrogen) atoms. The van der Waals surface area contributed by atoms with Gasteiger partial charge in [0.05, 0.1) is 23.0 Å². The summed E-state index contributed by atoms with van der Waals surface area (Å²) in [4.78, 5) is 8.17. The lowest BCUT2D eigenvalue weighted by Gasteiger charge is -2.16. The van der Waals surface area contributed by atoms with Gasteiger partial charge in [0.25, 0.3) is 10.0 Å². The van der Waals surface area contributed by atoms with Crippen LogP contribution in [0.25, 0.3) is 0 Å². The van der Waals surface area contributed by atoms with Gasteiger partial charge in [0.15, 0.2) is 0 Å². The highest BCUT2D eigenvalue weighted by molar-refractivity contribution is 7.92. The maximum atomic E-state index is 13.4. The fourth-order valence-electron chi connectivity index (χ4n) is 1.84. The zero-order valence-corrected chi connectivity index (χ0v) is 13.7. The Kier molecular flexibility index (Phi) is 4.19. The highest BCUT2D eigenvalue weighted by Crippen LogP contribution is 2.20. The molecule has 0 bridgehead atoms. The number of aromatic nitrogens is 2. The lowest BCUT2D eigenvalue weighted by Crippen LogP contribution is -2.17. The first-order chi connectivity index (χ1) is 10.1. The van der Waals surface area contributed by atoms with Crippen LogP contribution in [0.4, 0.5) is 10.1 Å². The van der Waals surface area contributed by atoms with E-state index in [0.717, 1.165) is 6.07 Å². The molecule has 0 aliphatic heterocycles. The molecule has 0 saturated carbocycles. The molecular formula is C15H18FN3O2S. The first kappa shape index (κ1) is 16.4. The smallest absolute Gasteiger partial charge is 0.262 e. The van der Waals surface area contributed by atoms with Crippen molar-refractivity contribution >= 4 is 15.7 Å². The van der Waals surface area contributed by atoms with E-state index >= 15 is 0 Å². The molecule has 7 heteroatoms. The van der Waals surface area contributed by atoms with Crippen LogP contribution in [0.5, 0.6) is 0 Å². The number of benzene rings is 1. The maximum Gasteiger partial charge on any atom is 0.262 e. The van der Waals surface area contributed by atoms with Crippen LogP contribution in [0.3, 0.4) is 0 Å². The second-order valence-electron chi connectivity index (χ2n) is 6.12. The fraction of sp³-hybridized carbons (Fsp3) is 0.333. The lowest BCUT2D eigenvalue weighted by atomic mass is 9.96. The van der Waals surface area contributed by atoms with Crippen LogP contribution < -0.4 is 4.72 Å². The van der Waals surface area contributed by atoms with Gasteiger partial charge in [-0.05, 0) is 30.7 Å². The third-order valence-corrected chi connectivity index (χ3v) is 4.26. The van der Waals surface area contributed by atoms with Crippen molar-refractivity contribution in [3.05, 3.63) is 47.8 Å². The minimum Gasteiger partial charge on any atom is -0.276 e. The molecule has 0 aliphatic carbocycles. The Hall–Kier alpha value is -2.02. The number of hydrogen-bond donors (Lipinski definition) is 1. The molecule has 2 rings (SSSR count). The number of hydrogen-bond acceptors (Lipinski definition) is 4. The number of aryl methyl sites for hydroxylation is 1. The van der Waals surface area contributed by atoms with E-state index in [9.17, 15) is 12.8 Å². The van der Waals surface area contributed by atoms with Crippen molar-refractivity contribution in [3.8, 4) is 0 Å². The normalized spacial score (nSPS) is 12.2. The summed E-state index contributed by atoms with van der Waals surface area (Å²) >= 11 is 0. The van der Waals surface area contributed by atoms with Crippen LogP contribution in [0.2, 0.25) is 0 Å². The van der Waals surface area contributed by atoms with Crippen molar-refractivity contribution in [1.29, 1.82) is 0 Å². The van der Waals surface area contributed by atoms with Gasteiger partial charge in [-0.3, -0.25) is 4.72 Å². The number of anilines is 1. The predicted molar refractivity (Wildman–Crippen MR) is 82.7 cm³/mol. The summed E-state index contributed by atoms with van der Waals surface area (Å²) < 4.78 is 40.2. The molecule has 0 radical (unpaired) electrons. The van der Waals surface area contributed by atoms with Gasteiger partial charge in [-0.2, -0.15) is 0 Å². The van der Waals surface area contributed by atoms with Crippen LogP contribution in [-0.2, 0) is 15.4 Å². The van der Waals surface area contributed by atoms with Crippen LogP contribution in [0.15, 0.2) is 35.5 Å². The number of rotatable bonds is 3. The minimum absolute atomic E-state index is 0.134. The summed E-state index contributed by atoms with van der Waals surface area (Å²) in [5, 5.41) is 0. The first-order valence-electron chi connectivity index (χ1n) is 6.70. The topological polar surface area (TPSA) is 72.0 Å². The second-order valence-corrected chi connectivity index (χ2v) is 7.80. The van der Waals surface area contributed by atoms with Gasteiger partial charge in [-0.1, -0.05) is 20.8 Å². The van der Waals surface area contributed by atoms with E-state index in [-0.39, 0.29) is 16.0 Å². The zero-order valence-electron chi connectivity index (χ0n) is 12.9. The Balaban J connectivity index is 2.29. The molecule has 5 nitrogen and oxygen atoms in total. The van der Waals surface area contributed by atoms with Crippen LogP contribution in [0.1, 0.15) is 32.2 Å². The van der Waals surface area contributed by atoms with Gasteiger partial charge in [-0.15, -0.1) is 0 Å². The van der Waals surface area contributed by atoms with Gasteiger partial charge in [0.2, 0.25) is 0 Å². The molecule has 0 spiro atoms. The second kappa shape index (κ2) is 5.64. The van der Waals surface area contributed by atoms with E-state index in [1.54, 1.807) is 6.92 Å². The van der Waals surface area contributed by atoms with Crippen LogP contribution >= 0.6 is 0 Å². The van der Waals surface area contributed by atoms with Crippen molar-refractivity contribution in [2.45, 2.75) is 38.0 Å². The molecule has 0 atom stereocenters. The van der Waals surface area contributed by atoms with Gasteiger partial charge >= 0.3 is 0 Å². The lowest BCUT2D eigenvalue weighted by molar-refractivity contribution is 0.545. The Bertz CT molecular complexity index is 761. The average molecular weight is 323 g/mol. The summed E-state index contributed by atoms with van der Waals surface area (Å²) in [7, 11) is -3.88. The summed E-state index contributed by atoms with van der Waals surface area (Å²) in [6, 6.07) is 3.63.